The van der Waals surface area contributed by atoms with Crippen LogP contribution in [-0.4, -0.2) is 44.0 Å². The van der Waals surface area contributed by atoms with E-state index < -0.39 is 12.0 Å². The van der Waals surface area contributed by atoms with E-state index in [-0.39, 0.29) is 11.7 Å². The molecule has 0 radical (unpaired) electrons. The molecule has 1 unspecified atom stereocenters. The normalized spacial score (nSPS) is 12.1. The molecule has 0 aliphatic carbocycles. The highest BCUT2D eigenvalue weighted by molar-refractivity contribution is 7.99. The number of carbonyl (C=O) groups is 2. The van der Waals surface area contributed by atoms with Crippen molar-refractivity contribution in [2.45, 2.75) is 18.1 Å². The molecule has 1 amide bonds. The van der Waals surface area contributed by atoms with E-state index in [4.69, 9.17) is 5.11 Å². The zero-order valence-electron chi connectivity index (χ0n) is 7.93. The number of carboxylic acids is 1. The Kier molecular flexibility index (Phi) is 4.10. The number of aromatic nitrogens is 3. The van der Waals surface area contributed by atoms with Gasteiger partial charge in [-0.2, -0.15) is 5.10 Å². The van der Waals surface area contributed by atoms with Crippen molar-refractivity contribution < 1.29 is 14.7 Å². The molecule has 1 atom stereocenters. The van der Waals surface area contributed by atoms with E-state index in [1.54, 1.807) is 0 Å². The van der Waals surface area contributed by atoms with Gasteiger partial charge in [-0.1, -0.05) is 11.8 Å². The van der Waals surface area contributed by atoms with Gasteiger partial charge in [-0.05, 0) is 0 Å². The third-order valence-electron chi connectivity index (χ3n) is 1.46. The number of nitrogens with one attached hydrogen (secondary N) is 2. The Morgan fingerprint density at radius 3 is 2.93 bits per heavy atom. The Hall–Kier alpha value is -1.57. The maximum absolute atomic E-state index is 10.7. The largest absolute Gasteiger partial charge is 0.480 e. The zero-order valence-corrected chi connectivity index (χ0v) is 8.74. The number of aromatic amines is 1. The number of H-pyrrole nitrogens is 1. The third kappa shape index (κ3) is 3.98. The summed E-state index contributed by atoms with van der Waals surface area (Å²) in [6.45, 7) is 1.27. The lowest BCUT2D eigenvalue weighted by atomic mass is 10.3. The molecule has 0 saturated carbocycles. The molecule has 0 saturated heterocycles. The van der Waals surface area contributed by atoms with E-state index in [0.29, 0.717) is 5.16 Å². The Balaban J connectivity index is 2.45. The van der Waals surface area contributed by atoms with E-state index in [0.717, 1.165) is 0 Å². The molecular formula is C7H10N4O3S. The Bertz CT molecular complexity index is 340. The minimum absolute atomic E-state index is 0.199. The van der Waals surface area contributed by atoms with E-state index in [2.05, 4.69) is 20.5 Å². The van der Waals surface area contributed by atoms with Crippen LogP contribution >= 0.6 is 11.8 Å². The SMILES string of the molecule is CC(=O)NC(CSc1ncn[nH]1)C(=O)O. The summed E-state index contributed by atoms with van der Waals surface area (Å²) in [4.78, 5) is 25.2. The summed E-state index contributed by atoms with van der Waals surface area (Å²) in [6, 6.07) is -0.919. The van der Waals surface area contributed by atoms with Gasteiger partial charge in [-0.25, -0.2) is 9.78 Å². The molecule has 82 valence electrons. The number of aliphatic carboxylic acids is 1. The smallest absolute Gasteiger partial charge is 0.327 e. The van der Waals surface area contributed by atoms with Crippen LogP contribution in [0.4, 0.5) is 0 Å². The fourth-order valence-electron chi connectivity index (χ4n) is 0.846. The highest BCUT2D eigenvalue weighted by Crippen LogP contribution is 2.12. The first-order valence-electron chi connectivity index (χ1n) is 4.07. The Labute approximate surface area is 89.7 Å². The van der Waals surface area contributed by atoms with Crippen LogP contribution in [0.1, 0.15) is 6.92 Å². The highest BCUT2D eigenvalue weighted by Gasteiger charge is 2.18. The van der Waals surface area contributed by atoms with Crippen molar-refractivity contribution in [3.8, 4) is 0 Å². The van der Waals surface area contributed by atoms with Gasteiger partial charge in [0.1, 0.15) is 12.4 Å². The summed E-state index contributed by atoms with van der Waals surface area (Å²) in [6.07, 6.45) is 1.33. The molecule has 0 bridgehead atoms. The maximum Gasteiger partial charge on any atom is 0.327 e. The van der Waals surface area contributed by atoms with Crippen molar-refractivity contribution in [1.29, 1.82) is 0 Å². The van der Waals surface area contributed by atoms with Crippen molar-refractivity contribution in [1.82, 2.24) is 20.5 Å². The second-order valence-electron chi connectivity index (χ2n) is 2.69. The number of carbonyl (C=O) groups excluding carboxylic acids is 1. The second-order valence-corrected chi connectivity index (χ2v) is 3.70. The van der Waals surface area contributed by atoms with Gasteiger partial charge >= 0.3 is 5.97 Å². The summed E-state index contributed by atoms with van der Waals surface area (Å²) in [5.74, 6) is -1.25. The molecule has 1 aromatic rings. The van der Waals surface area contributed by atoms with Crippen LogP contribution in [0, 0.1) is 0 Å². The van der Waals surface area contributed by atoms with Gasteiger partial charge in [0.05, 0.1) is 0 Å². The summed E-state index contributed by atoms with van der Waals surface area (Å²) in [5, 5.41) is 17.8. The highest BCUT2D eigenvalue weighted by atomic mass is 32.2. The van der Waals surface area contributed by atoms with Crippen molar-refractivity contribution in [3.63, 3.8) is 0 Å². The molecule has 15 heavy (non-hydrogen) atoms. The van der Waals surface area contributed by atoms with Crippen LogP contribution in [0.25, 0.3) is 0 Å². The maximum atomic E-state index is 10.7. The average molecular weight is 230 g/mol. The lowest BCUT2D eigenvalue weighted by molar-refractivity contribution is -0.140. The minimum Gasteiger partial charge on any atom is -0.480 e. The predicted molar refractivity (Wildman–Crippen MR) is 52.3 cm³/mol. The third-order valence-corrected chi connectivity index (χ3v) is 2.43. The van der Waals surface area contributed by atoms with Crippen LogP contribution in [0.3, 0.4) is 0 Å². The quantitative estimate of drug-likeness (QED) is 0.588. The van der Waals surface area contributed by atoms with Gasteiger partial charge < -0.3 is 10.4 Å². The lowest BCUT2D eigenvalue weighted by Crippen LogP contribution is -2.41. The summed E-state index contributed by atoms with van der Waals surface area (Å²) >= 11 is 1.18. The number of hydrogen-bond donors (Lipinski definition) is 3. The van der Waals surface area contributed by atoms with Gasteiger partial charge in [0, 0.05) is 12.7 Å². The molecule has 1 heterocycles. The molecule has 1 aromatic heterocycles. The number of amides is 1. The number of thioether (sulfide) groups is 1. The van der Waals surface area contributed by atoms with Crippen molar-refractivity contribution in [2.24, 2.45) is 0 Å². The van der Waals surface area contributed by atoms with Gasteiger partial charge in [0.25, 0.3) is 0 Å². The van der Waals surface area contributed by atoms with Gasteiger partial charge in [-0.3, -0.25) is 9.89 Å². The monoisotopic (exact) mass is 230 g/mol. The molecular weight excluding hydrogens is 220 g/mol. The van der Waals surface area contributed by atoms with Gasteiger partial charge in [0.15, 0.2) is 5.16 Å². The van der Waals surface area contributed by atoms with Crippen molar-refractivity contribution in [3.05, 3.63) is 6.33 Å². The molecule has 3 N–H and O–H groups in total. The van der Waals surface area contributed by atoms with Gasteiger partial charge in [-0.15, -0.1) is 0 Å². The number of carboxylic acid groups (broad SMARTS) is 1. The summed E-state index contributed by atoms with van der Waals surface area (Å²) in [5.41, 5.74) is 0. The van der Waals surface area contributed by atoms with E-state index >= 15 is 0 Å². The molecule has 0 fully saturated rings. The van der Waals surface area contributed by atoms with Crippen LogP contribution < -0.4 is 5.32 Å². The molecule has 0 aliphatic heterocycles. The fourth-order valence-corrected chi connectivity index (χ4v) is 1.64. The number of hydrogen-bond acceptors (Lipinski definition) is 5. The molecule has 0 spiro atoms. The number of nitrogens with zero attached hydrogens (tertiary/aromatic N) is 2. The molecule has 1 rings (SSSR count). The molecule has 7 nitrogen and oxygen atoms in total. The Morgan fingerprint density at radius 2 is 2.47 bits per heavy atom. The number of rotatable bonds is 5. The second kappa shape index (κ2) is 5.35. The standard InChI is InChI=1S/C7H10N4O3S/c1-4(12)10-5(6(13)14)2-15-7-8-3-9-11-7/h3,5H,2H2,1H3,(H,10,12)(H,13,14)(H,8,9,11). The van der Waals surface area contributed by atoms with Crippen LogP contribution in [0.2, 0.25) is 0 Å². The first kappa shape index (κ1) is 11.5. The predicted octanol–water partition coefficient (Wildman–Crippen LogP) is -0.514. The van der Waals surface area contributed by atoms with E-state index in [1.807, 2.05) is 0 Å². The van der Waals surface area contributed by atoms with Crippen molar-refractivity contribution in [2.75, 3.05) is 5.75 Å². The van der Waals surface area contributed by atoms with E-state index in [1.165, 1.54) is 25.0 Å². The first-order valence-corrected chi connectivity index (χ1v) is 5.06. The molecule has 8 heteroatoms. The lowest BCUT2D eigenvalue weighted by Gasteiger charge is -2.11. The molecule has 0 aliphatic rings. The topological polar surface area (TPSA) is 108 Å². The minimum atomic E-state index is -1.07. The summed E-state index contributed by atoms with van der Waals surface area (Å²) < 4.78 is 0. The average Bonchev–Trinajstić information content (AvgIpc) is 2.63. The van der Waals surface area contributed by atoms with E-state index in [9.17, 15) is 9.59 Å². The Morgan fingerprint density at radius 1 is 1.73 bits per heavy atom. The van der Waals surface area contributed by atoms with Crippen LogP contribution in [0.5, 0.6) is 0 Å². The fraction of sp³-hybridized carbons (Fsp3) is 0.429. The van der Waals surface area contributed by atoms with Crippen LogP contribution in [0.15, 0.2) is 11.5 Å². The summed E-state index contributed by atoms with van der Waals surface area (Å²) in [7, 11) is 0. The first-order chi connectivity index (χ1) is 7.09. The zero-order chi connectivity index (χ0) is 11.3. The van der Waals surface area contributed by atoms with Crippen LogP contribution in [-0.2, 0) is 9.59 Å². The molecule has 0 aromatic carbocycles. The van der Waals surface area contributed by atoms with Crippen molar-refractivity contribution >= 4 is 23.6 Å². The van der Waals surface area contributed by atoms with Gasteiger partial charge in [0.2, 0.25) is 5.91 Å².